The number of hydrogen-bond donors (Lipinski definition) is 2. The molecule has 1 rings (SSSR count). The highest BCUT2D eigenvalue weighted by molar-refractivity contribution is 8.00. The Morgan fingerprint density at radius 1 is 1.80 bits per heavy atom. The minimum Gasteiger partial charge on any atom is -0.354 e. The van der Waals surface area contributed by atoms with Crippen LogP contribution in [0, 0.1) is 0 Å². The molecule has 1 saturated heterocycles. The maximum absolute atomic E-state index is 5.72. The van der Waals surface area contributed by atoms with Crippen molar-refractivity contribution in [2.45, 2.75) is 11.1 Å². The largest absolute Gasteiger partial charge is 0.354 e. The summed E-state index contributed by atoms with van der Waals surface area (Å²) in [5.41, 5.74) is 10.6. The first kappa shape index (κ1) is 8.07. The van der Waals surface area contributed by atoms with Crippen molar-refractivity contribution in [2.75, 3.05) is 12.4 Å². The Kier molecular flexibility index (Phi) is 2.36. The zero-order chi connectivity index (χ0) is 7.61. The lowest BCUT2D eigenvalue weighted by molar-refractivity contribution is -0.00139. The summed E-state index contributed by atoms with van der Waals surface area (Å²) in [6, 6.07) is 0. The summed E-state index contributed by atoms with van der Waals surface area (Å²) >= 11 is 1.61. The van der Waals surface area contributed by atoms with E-state index in [2.05, 4.69) is 6.58 Å². The lowest BCUT2D eigenvalue weighted by Crippen LogP contribution is -2.56. The lowest BCUT2D eigenvalue weighted by Gasteiger charge is -2.35. The lowest BCUT2D eigenvalue weighted by atomic mass is 10.2. The molecule has 0 aromatic heterocycles. The first-order chi connectivity index (χ1) is 4.69. The van der Waals surface area contributed by atoms with E-state index in [1.54, 1.807) is 17.8 Å². The molecule has 0 saturated carbocycles. The SMILES string of the molecule is C=CC1(N)OCCSC1N. The van der Waals surface area contributed by atoms with Gasteiger partial charge in [-0.15, -0.1) is 11.8 Å². The Morgan fingerprint density at radius 2 is 2.50 bits per heavy atom. The van der Waals surface area contributed by atoms with Gasteiger partial charge in [-0.2, -0.15) is 0 Å². The van der Waals surface area contributed by atoms with Gasteiger partial charge in [0.25, 0.3) is 0 Å². The highest BCUT2D eigenvalue weighted by Crippen LogP contribution is 2.24. The molecule has 1 aliphatic heterocycles. The van der Waals surface area contributed by atoms with Gasteiger partial charge in [0.15, 0.2) is 5.72 Å². The number of thioether (sulfide) groups is 1. The molecular weight excluding hydrogens is 148 g/mol. The number of ether oxygens (including phenoxy) is 1. The van der Waals surface area contributed by atoms with Gasteiger partial charge in [0.05, 0.1) is 12.0 Å². The zero-order valence-corrected chi connectivity index (χ0v) is 6.56. The van der Waals surface area contributed by atoms with E-state index in [4.69, 9.17) is 16.2 Å². The van der Waals surface area contributed by atoms with Crippen LogP contribution in [0.4, 0.5) is 0 Å². The maximum Gasteiger partial charge on any atom is 0.160 e. The third kappa shape index (κ3) is 1.34. The topological polar surface area (TPSA) is 61.3 Å². The van der Waals surface area contributed by atoms with E-state index in [9.17, 15) is 0 Å². The second kappa shape index (κ2) is 2.92. The van der Waals surface area contributed by atoms with Gasteiger partial charge in [0, 0.05) is 5.75 Å². The molecule has 4 heteroatoms. The Bertz CT molecular complexity index is 142. The molecule has 2 atom stereocenters. The summed E-state index contributed by atoms with van der Waals surface area (Å²) in [4.78, 5) is 0. The van der Waals surface area contributed by atoms with Gasteiger partial charge in [0.2, 0.25) is 0 Å². The highest BCUT2D eigenvalue weighted by Gasteiger charge is 2.33. The fourth-order valence-corrected chi connectivity index (χ4v) is 1.64. The van der Waals surface area contributed by atoms with Crippen LogP contribution in [0.25, 0.3) is 0 Å². The fourth-order valence-electron chi connectivity index (χ4n) is 0.781. The Morgan fingerprint density at radius 3 is 2.90 bits per heavy atom. The normalized spacial score (nSPS) is 41.2. The van der Waals surface area contributed by atoms with Crippen LogP contribution in [0.15, 0.2) is 12.7 Å². The smallest absolute Gasteiger partial charge is 0.160 e. The van der Waals surface area contributed by atoms with Crippen LogP contribution in [0.2, 0.25) is 0 Å². The van der Waals surface area contributed by atoms with Gasteiger partial charge in [-0.3, -0.25) is 5.73 Å². The summed E-state index contributed by atoms with van der Waals surface area (Å²) < 4.78 is 5.24. The fraction of sp³-hybridized carbons (Fsp3) is 0.667. The standard InChI is InChI=1S/C6H12N2OS/c1-2-6(8)5(7)10-4-3-9-6/h2,5H,1,3-4,7-8H2. The molecule has 0 radical (unpaired) electrons. The molecule has 3 nitrogen and oxygen atoms in total. The highest BCUT2D eigenvalue weighted by atomic mass is 32.2. The van der Waals surface area contributed by atoms with E-state index in [-0.39, 0.29) is 5.37 Å². The van der Waals surface area contributed by atoms with Crippen LogP contribution in [0.1, 0.15) is 0 Å². The van der Waals surface area contributed by atoms with Gasteiger partial charge in [-0.25, -0.2) is 0 Å². The van der Waals surface area contributed by atoms with Crippen molar-refractivity contribution in [2.24, 2.45) is 11.5 Å². The zero-order valence-electron chi connectivity index (χ0n) is 5.75. The number of hydrogen-bond acceptors (Lipinski definition) is 4. The van der Waals surface area contributed by atoms with E-state index in [0.29, 0.717) is 6.61 Å². The van der Waals surface area contributed by atoms with Crippen molar-refractivity contribution >= 4 is 11.8 Å². The van der Waals surface area contributed by atoms with Crippen molar-refractivity contribution < 1.29 is 4.74 Å². The van der Waals surface area contributed by atoms with Gasteiger partial charge in [-0.05, 0) is 6.08 Å². The van der Waals surface area contributed by atoms with Crippen molar-refractivity contribution in [1.82, 2.24) is 0 Å². The predicted molar refractivity (Wildman–Crippen MR) is 43.5 cm³/mol. The Balaban J connectivity index is 2.62. The molecule has 0 amide bonds. The molecule has 10 heavy (non-hydrogen) atoms. The maximum atomic E-state index is 5.72. The molecule has 1 fully saturated rings. The first-order valence-corrected chi connectivity index (χ1v) is 4.17. The predicted octanol–water partition coefficient (Wildman–Crippen LogP) is -0.124. The second-order valence-electron chi connectivity index (χ2n) is 2.20. The minimum atomic E-state index is -0.817. The average molecular weight is 160 g/mol. The quantitative estimate of drug-likeness (QED) is 0.525. The number of nitrogens with two attached hydrogens (primary N) is 2. The van der Waals surface area contributed by atoms with E-state index in [0.717, 1.165) is 5.75 Å². The van der Waals surface area contributed by atoms with Gasteiger partial charge in [-0.1, -0.05) is 6.58 Å². The minimum absolute atomic E-state index is 0.182. The van der Waals surface area contributed by atoms with Crippen LogP contribution in [0.3, 0.4) is 0 Å². The molecule has 0 spiro atoms. The molecule has 58 valence electrons. The van der Waals surface area contributed by atoms with Gasteiger partial charge >= 0.3 is 0 Å². The Labute approximate surface area is 64.8 Å². The van der Waals surface area contributed by atoms with Crippen molar-refractivity contribution in [3.05, 3.63) is 12.7 Å². The van der Waals surface area contributed by atoms with E-state index in [1.807, 2.05) is 0 Å². The second-order valence-corrected chi connectivity index (χ2v) is 3.45. The summed E-state index contributed by atoms with van der Waals surface area (Å²) in [5, 5.41) is -0.182. The van der Waals surface area contributed by atoms with E-state index < -0.39 is 5.72 Å². The molecule has 0 aromatic rings. The average Bonchev–Trinajstić information content (AvgIpc) is 1.96. The van der Waals surface area contributed by atoms with Gasteiger partial charge < -0.3 is 10.5 Å². The number of rotatable bonds is 1. The van der Waals surface area contributed by atoms with Crippen LogP contribution < -0.4 is 11.5 Å². The molecule has 1 heterocycles. The van der Waals surface area contributed by atoms with Crippen molar-refractivity contribution in [1.29, 1.82) is 0 Å². The third-order valence-electron chi connectivity index (χ3n) is 1.50. The van der Waals surface area contributed by atoms with Gasteiger partial charge in [0.1, 0.15) is 0 Å². The molecule has 0 aliphatic carbocycles. The summed E-state index contributed by atoms with van der Waals surface area (Å²) in [7, 11) is 0. The molecule has 0 aromatic carbocycles. The van der Waals surface area contributed by atoms with Crippen LogP contribution in [-0.4, -0.2) is 23.5 Å². The van der Waals surface area contributed by atoms with Crippen LogP contribution in [0.5, 0.6) is 0 Å². The molecule has 4 N–H and O–H groups in total. The molecule has 2 unspecified atom stereocenters. The van der Waals surface area contributed by atoms with Crippen molar-refractivity contribution in [3.63, 3.8) is 0 Å². The summed E-state index contributed by atoms with van der Waals surface area (Å²) in [6.07, 6.45) is 1.56. The summed E-state index contributed by atoms with van der Waals surface area (Å²) in [5.74, 6) is 0.911. The van der Waals surface area contributed by atoms with Crippen LogP contribution in [-0.2, 0) is 4.74 Å². The molecule has 1 aliphatic rings. The van der Waals surface area contributed by atoms with E-state index >= 15 is 0 Å². The summed E-state index contributed by atoms with van der Waals surface area (Å²) in [6.45, 7) is 4.22. The van der Waals surface area contributed by atoms with E-state index in [1.165, 1.54) is 0 Å². The monoisotopic (exact) mass is 160 g/mol. The third-order valence-corrected chi connectivity index (χ3v) is 2.63. The van der Waals surface area contributed by atoms with Crippen LogP contribution >= 0.6 is 11.8 Å². The van der Waals surface area contributed by atoms with Crippen molar-refractivity contribution in [3.8, 4) is 0 Å². The Hall–Kier alpha value is -0.0300. The first-order valence-electron chi connectivity index (χ1n) is 3.12. The molecular formula is C6H12N2OS. The molecule has 0 bridgehead atoms.